The molecule has 0 aromatic heterocycles. The Hall–Kier alpha value is -0.420. The zero-order chi connectivity index (χ0) is 8.69. The van der Waals surface area contributed by atoms with Crippen LogP contribution in [0.3, 0.4) is 0 Å². The maximum Gasteiger partial charge on any atom is 0.233 e. The van der Waals surface area contributed by atoms with Crippen molar-refractivity contribution in [3.8, 4) is 0 Å². The largest absolute Gasteiger partial charge is 0.354 e. The van der Waals surface area contributed by atoms with E-state index in [9.17, 15) is 9.00 Å². The number of likely N-dealkylation sites (N-methyl/N-ethyl adjacent to an activating group) is 1. The predicted octanol–water partition coefficient (Wildman–Crippen LogP) is -1.30. The van der Waals surface area contributed by atoms with Gasteiger partial charge in [-0.2, -0.15) is 0 Å². The van der Waals surface area contributed by atoms with E-state index in [1.54, 1.807) is 13.3 Å². The molecule has 5 heteroatoms. The van der Waals surface area contributed by atoms with E-state index in [0.717, 1.165) is 0 Å². The van der Waals surface area contributed by atoms with Crippen molar-refractivity contribution in [3.63, 3.8) is 0 Å². The molecule has 0 aromatic rings. The molecule has 0 aliphatic carbocycles. The van der Waals surface area contributed by atoms with Gasteiger partial charge in [0.25, 0.3) is 0 Å². The van der Waals surface area contributed by atoms with Crippen molar-refractivity contribution in [2.75, 3.05) is 32.1 Å². The van der Waals surface area contributed by atoms with Gasteiger partial charge in [0.05, 0.1) is 6.54 Å². The van der Waals surface area contributed by atoms with E-state index in [1.807, 2.05) is 0 Å². The van der Waals surface area contributed by atoms with E-state index in [2.05, 4.69) is 10.6 Å². The number of carbonyl (C=O) groups is 1. The van der Waals surface area contributed by atoms with E-state index < -0.39 is 10.8 Å². The molecule has 0 heterocycles. The second-order valence-electron chi connectivity index (χ2n) is 2.16. The van der Waals surface area contributed by atoms with E-state index in [-0.39, 0.29) is 5.91 Å². The maximum absolute atomic E-state index is 10.8. The molecule has 0 radical (unpaired) electrons. The molecular formula is C6H14N2O2S. The third-order valence-corrected chi connectivity index (χ3v) is 1.83. The highest BCUT2D eigenvalue weighted by Crippen LogP contribution is 1.71. The Bertz CT molecular complexity index is 150. The van der Waals surface area contributed by atoms with Crippen molar-refractivity contribution in [3.05, 3.63) is 0 Å². The summed E-state index contributed by atoms with van der Waals surface area (Å²) in [6.45, 7) is 0.806. The number of carbonyl (C=O) groups excluding carboxylic acids is 1. The smallest absolute Gasteiger partial charge is 0.233 e. The molecular weight excluding hydrogens is 164 g/mol. The summed E-state index contributed by atoms with van der Waals surface area (Å²) in [5.41, 5.74) is 0. The van der Waals surface area contributed by atoms with Gasteiger partial charge in [0.2, 0.25) is 5.91 Å². The van der Waals surface area contributed by atoms with E-state index in [0.29, 0.717) is 18.8 Å². The molecule has 0 aromatic carbocycles. The minimum absolute atomic E-state index is 0.0575. The number of amides is 1. The standard InChI is InChI=1S/C6H14N2O2S/c1-7-5-6(9)8-3-4-11(2)10/h7H,3-5H2,1-2H3,(H,8,9). The highest BCUT2D eigenvalue weighted by atomic mass is 32.2. The number of hydrogen-bond donors (Lipinski definition) is 2. The van der Waals surface area contributed by atoms with Gasteiger partial charge in [0.1, 0.15) is 0 Å². The van der Waals surface area contributed by atoms with Gasteiger partial charge < -0.3 is 10.6 Å². The molecule has 2 N–H and O–H groups in total. The average Bonchev–Trinajstić information content (AvgIpc) is 1.87. The highest BCUT2D eigenvalue weighted by Gasteiger charge is 1.97. The first kappa shape index (κ1) is 10.6. The molecule has 0 aliphatic rings. The van der Waals surface area contributed by atoms with Crippen LogP contribution in [0, 0.1) is 0 Å². The van der Waals surface area contributed by atoms with Crippen LogP contribution in [-0.2, 0) is 15.6 Å². The van der Waals surface area contributed by atoms with Crippen LogP contribution >= 0.6 is 0 Å². The van der Waals surface area contributed by atoms with Crippen LogP contribution in [0.15, 0.2) is 0 Å². The van der Waals surface area contributed by atoms with E-state index in [4.69, 9.17) is 0 Å². The SMILES string of the molecule is CNCC(=O)NCCS(C)=O. The van der Waals surface area contributed by atoms with Crippen LogP contribution in [0.4, 0.5) is 0 Å². The molecule has 1 unspecified atom stereocenters. The molecule has 0 fully saturated rings. The van der Waals surface area contributed by atoms with Gasteiger partial charge >= 0.3 is 0 Å². The lowest BCUT2D eigenvalue weighted by Gasteiger charge is -2.01. The average molecular weight is 178 g/mol. The minimum atomic E-state index is -0.821. The number of nitrogens with one attached hydrogen (secondary N) is 2. The van der Waals surface area contributed by atoms with Gasteiger partial charge in [0, 0.05) is 29.4 Å². The van der Waals surface area contributed by atoms with Crippen molar-refractivity contribution in [1.82, 2.24) is 10.6 Å². The Morgan fingerprint density at radius 1 is 1.55 bits per heavy atom. The monoisotopic (exact) mass is 178 g/mol. The summed E-state index contributed by atoms with van der Waals surface area (Å²) in [5, 5.41) is 5.34. The van der Waals surface area contributed by atoms with Crippen molar-refractivity contribution >= 4 is 16.7 Å². The van der Waals surface area contributed by atoms with Gasteiger partial charge in [-0.25, -0.2) is 0 Å². The molecule has 1 amide bonds. The lowest BCUT2D eigenvalue weighted by molar-refractivity contribution is -0.120. The number of rotatable bonds is 5. The predicted molar refractivity (Wildman–Crippen MR) is 45.9 cm³/mol. The normalized spacial score (nSPS) is 12.5. The van der Waals surface area contributed by atoms with E-state index in [1.165, 1.54) is 0 Å². The molecule has 0 saturated carbocycles. The molecule has 66 valence electrons. The fraction of sp³-hybridized carbons (Fsp3) is 0.833. The molecule has 0 aliphatic heterocycles. The Kier molecular flexibility index (Phi) is 6.06. The summed E-state index contributed by atoms with van der Waals surface area (Å²) < 4.78 is 10.5. The second-order valence-corrected chi connectivity index (χ2v) is 3.71. The van der Waals surface area contributed by atoms with Crippen LogP contribution in [0.1, 0.15) is 0 Å². The number of hydrogen-bond acceptors (Lipinski definition) is 3. The zero-order valence-electron chi connectivity index (χ0n) is 6.85. The van der Waals surface area contributed by atoms with Gasteiger partial charge in [-0.05, 0) is 7.05 Å². The Balaban J connectivity index is 3.24. The molecule has 11 heavy (non-hydrogen) atoms. The summed E-state index contributed by atoms with van der Waals surface area (Å²) in [6.07, 6.45) is 1.62. The van der Waals surface area contributed by atoms with Crippen molar-refractivity contribution in [2.24, 2.45) is 0 Å². The third-order valence-electron chi connectivity index (χ3n) is 1.05. The van der Waals surface area contributed by atoms with Crippen molar-refractivity contribution in [2.45, 2.75) is 0 Å². The first-order chi connectivity index (χ1) is 5.16. The van der Waals surface area contributed by atoms with Gasteiger partial charge in [0.15, 0.2) is 0 Å². The fourth-order valence-electron chi connectivity index (χ4n) is 0.557. The second kappa shape index (κ2) is 6.30. The van der Waals surface area contributed by atoms with Gasteiger partial charge in [-0.3, -0.25) is 9.00 Å². The van der Waals surface area contributed by atoms with Crippen LogP contribution in [0.2, 0.25) is 0 Å². The third kappa shape index (κ3) is 7.48. The maximum atomic E-state index is 10.8. The summed E-state index contributed by atoms with van der Waals surface area (Å²) in [7, 11) is 0.885. The fourth-order valence-corrected chi connectivity index (χ4v) is 0.947. The molecule has 4 nitrogen and oxygen atoms in total. The summed E-state index contributed by atoms with van der Waals surface area (Å²) in [5.74, 6) is 0.466. The van der Waals surface area contributed by atoms with Crippen LogP contribution in [-0.4, -0.2) is 42.3 Å². The van der Waals surface area contributed by atoms with E-state index >= 15 is 0 Å². The lowest BCUT2D eigenvalue weighted by Crippen LogP contribution is -2.34. The quantitative estimate of drug-likeness (QED) is 0.550. The lowest BCUT2D eigenvalue weighted by atomic mass is 10.5. The van der Waals surface area contributed by atoms with Crippen molar-refractivity contribution < 1.29 is 9.00 Å². The summed E-state index contributed by atoms with van der Waals surface area (Å²) in [6, 6.07) is 0. The molecule has 0 saturated heterocycles. The zero-order valence-corrected chi connectivity index (χ0v) is 7.66. The molecule has 1 atom stereocenters. The Morgan fingerprint density at radius 2 is 2.18 bits per heavy atom. The van der Waals surface area contributed by atoms with Gasteiger partial charge in [-0.1, -0.05) is 0 Å². The van der Waals surface area contributed by atoms with Crippen LogP contribution < -0.4 is 10.6 Å². The topological polar surface area (TPSA) is 58.2 Å². The highest BCUT2D eigenvalue weighted by molar-refractivity contribution is 7.84. The van der Waals surface area contributed by atoms with Gasteiger partial charge in [-0.15, -0.1) is 0 Å². The molecule has 0 rings (SSSR count). The Labute approximate surface area is 69.2 Å². The summed E-state index contributed by atoms with van der Waals surface area (Å²) >= 11 is 0. The molecule has 0 bridgehead atoms. The Morgan fingerprint density at radius 3 is 2.64 bits per heavy atom. The summed E-state index contributed by atoms with van der Waals surface area (Å²) in [4.78, 5) is 10.8. The minimum Gasteiger partial charge on any atom is -0.354 e. The first-order valence-electron chi connectivity index (χ1n) is 3.38. The van der Waals surface area contributed by atoms with Crippen LogP contribution in [0.25, 0.3) is 0 Å². The molecule has 0 spiro atoms. The van der Waals surface area contributed by atoms with Crippen LogP contribution in [0.5, 0.6) is 0 Å². The van der Waals surface area contributed by atoms with Crippen molar-refractivity contribution in [1.29, 1.82) is 0 Å². The first-order valence-corrected chi connectivity index (χ1v) is 5.11.